The van der Waals surface area contributed by atoms with Gasteiger partial charge < -0.3 is 41.2 Å². The van der Waals surface area contributed by atoms with E-state index < -0.39 is 0 Å². The molecule has 0 unspecified atom stereocenters. The van der Waals surface area contributed by atoms with Crippen LogP contribution >= 0.6 is 0 Å². The molecule has 2 nitrogen and oxygen atoms in total. The molecule has 0 saturated carbocycles. The minimum absolute atomic E-state index is 0. The Bertz CT molecular complexity index is 291. The number of hydrogen-bond donors (Lipinski definition) is 2. The minimum atomic E-state index is 0. The molecule has 15 heavy (non-hydrogen) atoms. The molecule has 0 amide bonds. The number of hydrogen-bond acceptors (Lipinski definition) is 2. The Morgan fingerprint density at radius 3 is 2.07 bits per heavy atom. The molecule has 2 rings (SSSR count). The largest absolute Gasteiger partial charge is 0.748 e. The van der Waals surface area contributed by atoms with Crippen LogP contribution in [0.5, 0.6) is 0 Å². The zero-order valence-electron chi connectivity index (χ0n) is 8.41. The van der Waals surface area contributed by atoms with Gasteiger partial charge in [-0.15, -0.1) is 11.1 Å². The van der Waals surface area contributed by atoms with Gasteiger partial charge in [0.05, 0.1) is 0 Å². The molecule has 0 saturated heterocycles. The summed E-state index contributed by atoms with van der Waals surface area (Å²) in [5, 5.41) is 8.68. The Morgan fingerprint density at radius 1 is 1.20 bits per heavy atom. The zero-order chi connectivity index (χ0) is 10.2. The fourth-order valence-electron chi connectivity index (χ4n) is 1.17. The van der Waals surface area contributed by atoms with Crippen molar-refractivity contribution < 1.29 is 22.2 Å². The Morgan fingerprint density at radius 2 is 1.73 bits per heavy atom. The molecule has 0 spiro atoms. The summed E-state index contributed by atoms with van der Waals surface area (Å²) in [5.74, 6) is 0. The molecule has 3 heteroatoms. The Balaban J connectivity index is 0.000000280. The van der Waals surface area contributed by atoms with Gasteiger partial charge in [0.2, 0.25) is 0 Å². The first-order valence-electron chi connectivity index (χ1n) is 4.59. The molecule has 2 aromatic rings. The second-order valence-electron chi connectivity index (χ2n) is 2.90. The molecule has 0 radical (unpaired) electrons. The van der Waals surface area contributed by atoms with E-state index in [1.54, 1.807) is 0 Å². The number of rotatable bonds is 2. The van der Waals surface area contributed by atoms with Crippen LogP contribution in [0, 0.1) is 0 Å². The first-order chi connectivity index (χ1) is 6.88. The van der Waals surface area contributed by atoms with E-state index >= 15 is 0 Å². The molecule has 3 N–H and O–H groups in total. The Kier molecular flexibility index (Phi) is 7.96. The first-order valence-corrected chi connectivity index (χ1v) is 4.59. The molecular weight excluding hydrogens is 230 g/mol. The predicted molar refractivity (Wildman–Crippen MR) is 57.9 cm³/mol. The minimum Gasteiger partial charge on any atom is -0.748 e. The molecule has 2 aromatic carbocycles. The van der Waals surface area contributed by atoms with Crippen molar-refractivity contribution in [1.29, 1.82) is 0 Å². The Labute approximate surface area is 101 Å². The predicted octanol–water partition coefficient (Wildman–Crippen LogP) is 1.76. The van der Waals surface area contributed by atoms with Gasteiger partial charge >= 0.3 is 0 Å². The topological polar surface area (TPSA) is 46.2 Å². The van der Waals surface area contributed by atoms with E-state index in [-0.39, 0.29) is 23.7 Å². The quantitative estimate of drug-likeness (QED) is 0.625. The van der Waals surface area contributed by atoms with Crippen molar-refractivity contribution in [1.82, 2.24) is 0 Å². The van der Waals surface area contributed by atoms with Crippen LogP contribution in [-0.2, 0) is 30.2 Å². The molecule has 0 aromatic heterocycles. The van der Waals surface area contributed by atoms with E-state index in [0.717, 1.165) is 11.1 Å². The molecule has 0 heterocycles. The van der Waals surface area contributed by atoms with Crippen molar-refractivity contribution in [3.63, 3.8) is 0 Å². The molecule has 0 atom stereocenters. The summed E-state index contributed by atoms with van der Waals surface area (Å²) in [6, 6.07) is 15.7. The molecule has 0 fully saturated rings. The van der Waals surface area contributed by atoms with Gasteiger partial charge in [-0.05, 0) is 6.54 Å². The summed E-state index contributed by atoms with van der Waals surface area (Å²) < 4.78 is 0. The number of aliphatic hydroxyl groups is 1. The first kappa shape index (κ1) is 14.1. The van der Waals surface area contributed by atoms with Gasteiger partial charge in [-0.3, -0.25) is 0 Å². The van der Waals surface area contributed by atoms with E-state index in [2.05, 4.69) is 0 Å². The zero-order valence-corrected chi connectivity index (χ0v) is 9.52. The van der Waals surface area contributed by atoms with Crippen LogP contribution in [0.4, 0.5) is 0 Å². The molecule has 0 bridgehead atoms. The van der Waals surface area contributed by atoms with Crippen LogP contribution in [0.2, 0.25) is 0 Å². The third kappa shape index (κ3) is 4.96. The van der Waals surface area contributed by atoms with E-state index in [1.807, 2.05) is 48.5 Å². The molecular formula is C12H15FeNO-6. The van der Waals surface area contributed by atoms with Crippen molar-refractivity contribution in [2.45, 2.75) is 13.2 Å². The van der Waals surface area contributed by atoms with Gasteiger partial charge in [-0.25, -0.2) is 12.1 Å². The van der Waals surface area contributed by atoms with Crippen LogP contribution in [0.3, 0.4) is 0 Å². The molecule has 0 aliphatic rings. The van der Waals surface area contributed by atoms with Gasteiger partial charge in [0.15, 0.2) is 0 Å². The van der Waals surface area contributed by atoms with E-state index in [4.69, 9.17) is 10.8 Å². The average molecular weight is 245 g/mol. The third-order valence-corrected chi connectivity index (χ3v) is 1.95. The summed E-state index contributed by atoms with van der Waals surface area (Å²) in [6.45, 7) is 0.614. The van der Waals surface area contributed by atoms with Crippen molar-refractivity contribution in [2.75, 3.05) is 0 Å². The second kappa shape index (κ2) is 8.45. The maximum Gasteiger partial charge on any atom is 0.0455 e. The SMILES string of the molecule is NC[c-]1cccc1CO.[Fe].[cH-]1[cH-][cH-][cH-][cH-]1. The third-order valence-electron chi connectivity index (χ3n) is 1.95. The van der Waals surface area contributed by atoms with E-state index in [0.29, 0.717) is 6.54 Å². The normalized spacial score (nSPS) is 8.67. The van der Waals surface area contributed by atoms with Crippen LogP contribution in [0.25, 0.3) is 0 Å². The standard InChI is InChI=1S/C7H10NO.C5H5.Fe/c8-4-6-2-1-3-7(6)5-9;1-2-4-5-3-1;/h1-3,9H,4-5,8H2;1-5H;/q-1;-5;. The Hall–Kier alpha value is -0.861. The molecule has 0 aliphatic carbocycles. The molecule has 0 aliphatic heterocycles. The van der Waals surface area contributed by atoms with Crippen molar-refractivity contribution in [2.24, 2.45) is 5.73 Å². The fraction of sp³-hybridized carbons (Fsp3) is 0.167. The summed E-state index contributed by atoms with van der Waals surface area (Å²) in [5.41, 5.74) is 7.34. The summed E-state index contributed by atoms with van der Waals surface area (Å²) in [4.78, 5) is 0. The summed E-state index contributed by atoms with van der Waals surface area (Å²) in [6.07, 6.45) is 0. The maximum atomic E-state index is 8.68. The van der Waals surface area contributed by atoms with Gasteiger partial charge in [0.1, 0.15) is 0 Å². The summed E-state index contributed by atoms with van der Waals surface area (Å²) >= 11 is 0. The van der Waals surface area contributed by atoms with Crippen molar-refractivity contribution >= 4 is 0 Å². The van der Waals surface area contributed by atoms with Gasteiger partial charge in [0.25, 0.3) is 0 Å². The monoisotopic (exact) mass is 245 g/mol. The van der Waals surface area contributed by atoms with E-state index in [1.165, 1.54) is 0 Å². The van der Waals surface area contributed by atoms with Gasteiger partial charge in [-0.2, -0.15) is 6.07 Å². The van der Waals surface area contributed by atoms with Crippen molar-refractivity contribution in [3.8, 4) is 0 Å². The van der Waals surface area contributed by atoms with Crippen LogP contribution < -0.4 is 5.73 Å². The van der Waals surface area contributed by atoms with Gasteiger partial charge in [0, 0.05) is 23.7 Å². The molecule has 88 valence electrons. The number of aliphatic hydroxyl groups excluding tert-OH is 1. The van der Waals surface area contributed by atoms with Crippen LogP contribution in [-0.4, -0.2) is 5.11 Å². The second-order valence-corrected chi connectivity index (χ2v) is 2.90. The van der Waals surface area contributed by atoms with Crippen molar-refractivity contribution in [3.05, 3.63) is 59.7 Å². The average Bonchev–Trinajstić information content (AvgIpc) is 2.91. The fourth-order valence-corrected chi connectivity index (χ4v) is 1.17. The smallest absolute Gasteiger partial charge is 0.0455 e. The van der Waals surface area contributed by atoms with Gasteiger partial charge in [-0.1, -0.05) is 0 Å². The van der Waals surface area contributed by atoms with E-state index in [9.17, 15) is 0 Å². The van der Waals surface area contributed by atoms with Crippen LogP contribution in [0.1, 0.15) is 11.1 Å². The maximum absolute atomic E-state index is 8.68. The van der Waals surface area contributed by atoms with Crippen LogP contribution in [0.15, 0.2) is 48.5 Å². The summed E-state index contributed by atoms with van der Waals surface area (Å²) in [7, 11) is 0. The number of nitrogens with two attached hydrogens (primary N) is 1.